The summed E-state index contributed by atoms with van der Waals surface area (Å²) in [7, 11) is -2.02. The number of hydrogen-bond acceptors (Lipinski definition) is 6. The lowest BCUT2D eigenvalue weighted by Crippen LogP contribution is -2.48. The maximum absolute atomic E-state index is 10.8. The van der Waals surface area contributed by atoms with E-state index in [1.807, 2.05) is 12.1 Å². The van der Waals surface area contributed by atoms with E-state index in [9.17, 15) is 8.42 Å². The molecule has 1 fully saturated rings. The number of nitrogens with two attached hydrogens (primary N) is 1. The van der Waals surface area contributed by atoms with Crippen molar-refractivity contribution in [2.45, 2.75) is 6.42 Å². The van der Waals surface area contributed by atoms with Crippen molar-refractivity contribution in [2.75, 3.05) is 31.6 Å². The first-order valence-corrected chi connectivity index (χ1v) is 8.82. The minimum Gasteiger partial charge on any atom is -0.481 e. The number of anilines is 1. The Kier molecular flexibility index (Phi) is 4.33. The van der Waals surface area contributed by atoms with Crippen LogP contribution in [0.15, 0.2) is 24.5 Å². The molecular formula is C14H19N5O3S. The number of fused-ring (bicyclic) bond motifs is 1. The highest BCUT2D eigenvalue weighted by atomic mass is 32.2. The van der Waals surface area contributed by atoms with E-state index in [1.54, 1.807) is 19.5 Å². The second kappa shape index (κ2) is 6.26. The summed E-state index contributed by atoms with van der Waals surface area (Å²) in [6, 6.07) is 3.78. The number of methoxy groups -OCH3 is 1. The molecule has 0 radical (unpaired) electrons. The molecule has 9 heteroatoms. The van der Waals surface area contributed by atoms with Crippen LogP contribution in [-0.2, 0) is 10.2 Å². The molecule has 1 aliphatic rings. The third-order valence-electron chi connectivity index (χ3n) is 3.94. The zero-order chi connectivity index (χ0) is 16.4. The Hall–Kier alpha value is -1.97. The van der Waals surface area contributed by atoms with E-state index in [0.717, 1.165) is 36.1 Å². The van der Waals surface area contributed by atoms with Crippen molar-refractivity contribution in [3.8, 4) is 5.88 Å². The molecule has 2 aromatic heterocycles. The van der Waals surface area contributed by atoms with Crippen molar-refractivity contribution < 1.29 is 13.2 Å². The van der Waals surface area contributed by atoms with Crippen LogP contribution in [0.4, 0.5) is 5.69 Å². The second-order valence-electron chi connectivity index (χ2n) is 5.57. The van der Waals surface area contributed by atoms with Gasteiger partial charge in [0.15, 0.2) is 0 Å². The molecule has 23 heavy (non-hydrogen) atoms. The molecule has 3 rings (SSSR count). The lowest BCUT2D eigenvalue weighted by Gasteiger charge is -2.41. The van der Waals surface area contributed by atoms with Crippen molar-refractivity contribution in [3.05, 3.63) is 24.5 Å². The summed E-state index contributed by atoms with van der Waals surface area (Å²) in [5.74, 6) is 0.983. The third kappa shape index (κ3) is 3.69. The maximum atomic E-state index is 10.8. The van der Waals surface area contributed by atoms with Gasteiger partial charge in [-0.3, -0.25) is 4.98 Å². The van der Waals surface area contributed by atoms with Gasteiger partial charge in [-0.25, -0.2) is 14.8 Å². The highest BCUT2D eigenvalue weighted by Crippen LogP contribution is 2.32. The van der Waals surface area contributed by atoms with Crippen LogP contribution >= 0.6 is 0 Å². The largest absolute Gasteiger partial charge is 0.481 e. The number of nitrogens with zero attached hydrogens (tertiary/aromatic N) is 3. The molecule has 1 saturated heterocycles. The standard InChI is InChI=1S/C14H19N5O3S/c1-22-14-6-12-11(7-17-14)13(3-4-16-12)19-8-10(9-19)2-5-18-23(15,20)21/h3-4,6-7,10,18H,2,5,8-9H2,1H3,(H2,15,20,21). The van der Waals surface area contributed by atoms with E-state index in [4.69, 9.17) is 9.88 Å². The van der Waals surface area contributed by atoms with Gasteiger partial charge in [-0.05, 0) is 18.4 Å². The van der Waals surface area contributed by atoms with Gasteiger partial charge in [-0.15, -0.1) is 0 Å². The summed E-state index contributed by atoms with van der Waals surface area (Å²) >= 11 is 0. The first-order valence-electron chi connectivity index (χ1n) is 7.27. The van der Waals surface area contributed by atoms with Crippen LogP contribution in [0, 0.1) is 5.92 Å². The predicted molar refractivity (Wildman–Crippen MR) is 87.5 cm³/mol. The van der Waals surface area contributed by atoms with Gasteiger partial charge in [0.25, 0.3) is 10.2 Å². The van der Waals surface area contributed by atoms with E-state index in [1.165, 1.54) is 0 Å². The Morgan fingerprint density at radius 1 is 1.43 bits per heavy atom. The van der Waals surface area contributed by atoms with Gasteiger partial charge < -0.3 is 9.64 Å². The fourth-order valence-corrected chi connectivity index (χ4v) is 3.15. The van der Waals surface area contributed by atoms with Crippen LogP contribution in [0.3, 0.4) is 0 Å². The fourth-order valence-electron chi connectivity index (χ4n) is 2.75. The highest BCUT2D eigenvalue weighted by molar-refractivity contribution is 7.87. The lowest BCUT2D eigenvalue weighted by molar-refractivity contribution is 0.385. The second-order valence-corrected chi connectivity index (χ2v) is 6.95. The number of ether oxygens (including phenoxy) is 1. The highest BCUT2D eigenvalue weighted by Gasteiger charge is 2.28. The summed E-state index contributed by atoms with van der Waals surface area (Å²) in [4.78, 5) is 10.8. The van der Waals surface area contributed by atoms with Crippen LogP contribution in [0.25, 0.3) is 10.9 Å². The number of pyridine rings is 2. The molecule has 0 unspecified atom stereocenters. The Bertz CT molecular complexity index is 805. The van der Waals surface area contributed by atoms with Crippen LogP contribution in [0.2, 0.25) is 0 Å². The number of hydrogen-bond donors (Lipinski definition) is 2. The first kappa shape index (κ1) is 15.9. The molecule has 8 nitrogen and oxygen atoms in total. The summed E-state index contributed by atoms with van der Waals surface area (Å²) < 4.78 is 29.1. The summed E-state index contributed by atoms with van der Waals surface area (Å²) in [6.07, 6.45) is 4.31. The van der Waals surface area contributed by atoms with E-state index in [0.29, 0.717) is 18.3 Å². The maximum Gasteiger partial charge on any atom is 0.274 e. The molecule has 0 amide bonds. The van der Waals surface area contributed by atoms with Gasteiger partial charge in [0.05, 0.1) is 12.6 Å². The zero-order valence-electron chi connectivity index (χ0n) is 12.8. The zero-order valence-corrected chi connectivity index (χ0v) is 13.6. The molecule has 0 atom stereocenters. The molecule has 0 bridgehead atoms. The smallest absolute Gasteiger partial charge is 0.274 e. The third-order valence-corrected chi connectivity index (χ3v) is 4.55. The Balaban J connectivity index is 1.64. The van der Waals surface area contributed by atoms with Crippen LogP contribution < -0.4 is 19.5 Å². The first-order chi connectivity index (χ1) is 11.0. The number of aromatic nitrogens is 2. The monoisotopic (exact) mass is 337 g/mol. The minimum absolute atomic E-state index is 0.368. The summed E-state index contributed by atoms with van der Waals surface area (Å²) in [6.45, 7) is 2.11. The van der Waals surface area contributed by atoms with E-state index >= 15 is 0 Å². The van der Waals surface area contributed by atoms with Gasteiger partial charge in [0.2, 0.25) is 5.88 Å². The average molecular weight is 337 g/mol. The van der Waals surface area contributed by atoms with Crippen molar-refractivity contribution in [1.29, 1.82) is 0 Å². The lowest BCUT2D eigenvalue weighted by atomic mass is 9.95. The minimum atomic E-state index is -3.60. The fraction of sp³-hybridized carbons (Fsp3) is 0.429. The molecule has 0 saturated carbocycles. The molecule has 0 spiro atoms. The van der Waals surface area contributed by atoms with Gasteiger partial charge in [-0.1, -0.05) is 0 Å². The SMILES string of the molecule is COc1cc2nccc(N3CC(CCNS(N)(=O)=O)C3)c2cn1. The van der Waals surface area contributed by atoms with Gasteiger partial charge >= 0.3 is 0 Å². The number of nitrogens with one attached hydrogen (secondary N) is 1. The van der Waals surface area contributed by atoms with Crippen molar-refractivity contribution in [1.82, 2.24) is 14.7 Å². The van der Waals surface area contributed by atoms with Crippen molar-refractivity contribution in [3.63, 3.8) is 0 Å². The Labute approximate surface area is 134 Å². The molecule has 3 N–H and O–H groups in total. The number of rotatable bonds is 6. The quantitative estimate of drug-likeness (QED) is 0.782. The Morgan fingerprint density at radius 3 is 2.91 bits per heavy atom. The van der Waals surface area contributed by atoms with Gasteiger partial charge in [0, 0.05) is 49.2 Å². The molecule has 2 aromatic rings. The van der Waals surface area contributed by atoms with Crippen LogP contribution in [0.5, 0.6) is 5.88 Å². The molecule has 1 aliphatic heterocycles. The molecule has 124 valence electrons. The Morgan fingerprint density at radius 2 is 2.22 bits per heavy atom. The summed E-state index contributed by atoms with van der Waals surface area (Å²) in [5, 5.41) is 5.89. The average Bonchev–Trinajstić information content (AvgIpc) is 2.47. The van der Waals surface area contributed by atoms with E-state index in [-0.39, 0.29) is 0 Å². The topological polar surface area (TPSA) is 110 Å². The van der Waals surface area contributed by atoms with Crippen LogP contribution in [-0.4, -0.2) is 45.1 Å². The van der Waals surface area contributed by atoms with Crippen molar-refractivity contribution in [2.24, 2.45) is 11.1 Å². The molecule has 0 aromatic carbocycles. The van der Waals surface area contributed by atoms with Crippen LogP contribution in [0.1, 0.15) is 6.42 Å². The van der Waals surface area contributed by atoms with E-state index < -0.39 is 10.2 Å². The van der Waals surface area contributed by atoms with E-state index in [2.05, 4.69) is 19.6 Å². The molecular weight excluding hydrogens is 318 g/mol. The van der Waals surface area contributed by atoms with Crippen molar-refractivity contribution >= 4 is 26.8 Å². The predicted octanol–water partition coefficient (Wildman–Crippen LogP) is 0.258. The molecule has 3 heterocycles. The van der Waals surface area contributed by atoms with Gasteiger partial charge in [-0.2, -0.15) is 8.42 Å². The summed E-state index contributed by atoms with van der Waals surface area (Å²) in [5.41, 5.74) is 1.93. The van der Waals surface area contributed by atoms with Gasteiger partial charge in [0.1, 0.15) is 0 Å². The normalized spacial score (nSPS) is 15.7. The molecule has 0 aliphatic carbocycles.